The van der Waals surface area contributed by atoms with Gasteiger partial charge in [-0.3, -0.25) is 4.79 Å². The van der Waals surface area contributed by atoms with E-state index in [4.69, 9.17) is 18.9 Å². The second kappa shape index (κ2) is 9.07. The molecule has 0 aliphatic carbocycles. The van der Waals surface area contributed by atoms with Gasteiger partial charge in [0.25, 0.3) is 0 Å². The first kappa shape index (κ1) is 21.0. The molecule has 0 amide bonds. The minimum Gasteiger partial charge on any atom is -0.497 e. The summed E-state index contributed by atoms with van der Waals surface area (Å²) in [4.78, 5) is 39.7. The highest BCUT2D eigenvalue weighted by atomic mass is 16.5. The van der Waals surface area contributed by atoms with Crippen LogP contribution in [-0.4, -0.2) is 50.1 Å². The van der Waals surface area contributed by atoms with Gasteiger partial charge >= 0.3 is 11.9 Å². The van der Waals surface area contributed by atoms with Gasteiger partial charge in [-0.15, -0.1) is 0 Å². The summed E-state index contributed by atoms with van der Waals surface area (Å²) in [6, 6.07) is 4.76. The Bertz CT molecular complexity index is 898. The monoisotopic (exact) mass is 389 g/mol. The van der Waals surface area contributed by atoms with Gasteiger partial charge in [0.2, 0.25) is 5.78 Å². The van der Waals surface area contributed by atoms with Crippen molar-refractivity contribution >= 4 is 17.7 Å². The molecule has 0 fully saturated rings. The number of ketones is 1. The molecular weight excluding hydrogens is 366 g/mol. The summed E-state index contributed by atoms with van der Waals surface area (Å²) in [5.74, 6) is -0.893. The van der Waals surface area contributed by atoms with E-state index in [1.54, 1.807) is 32.9 Å². The number of nitrogens with one attached hydrogen (secondary N) is 1. The van der Waals surface area contributed by atoms with Crippen LogP contribution < -0.4 is 9.47 Å². The number of hydrogen-bond donors (Lipinski definition) is 1. The van der Waals surface area contributed by atoms with Gasteiger partial charge in [-0.2, -0.15) is 0 Å². The Morgan fingerprint density at radius 1 is 1.00 bits per heavy atom. The fourth-order valence-electron chi connectivity index (χ4n) is 2.78. The van der Waals surface area contributed by atoms with Crippen molar-refractivity contribution in [2.45, 2.75) is 20.8 Å². The molecule has 0 unspecified atom stereocenters. The highest BCUT2D eigenvalue weighted by Gasteiger charge is 2.24. The lowest BCUT2D eigenvalue weighted by molar-refractivity contribution is 0.0468. The van der Waals surface area contributed by atoms with E-state index in [-0.39, 0.29) is 23.4 Å². The summed E-state index contributed by atoms with van der Waals surface area (Å²) < 4.78 is 20.4. The Hall–Kier alpha value is -3.29. The van der Waals surface area contributed by atoms with Crippen molar-refractivity contribution in [3.8, 4) is 11.5 Å². The van der Waals surface area contributed by atoms with Crippen LogP contribution in [0.2, 0.25) is 0 Å². The Kier molecular flexibility index (Phi) is 6.81. The van der Waals surface area contributed by atoms with E-state index < -0.39 is 24.3 Å². The van der Waals surface area contributed by atoms with Gasteiger partial charge in [0.05, 0.1) is 32.0 Å². The van der Waals surface area contributed by atoms with Crippen molar-refractivity contribution < 1.29 is 33.3 Å². The molecule has 0 atom stereocenters. The van der Waals surface area contributed by atoms with Gasteiger partial charge in [0.1, 0.15) is 17.2 Å². The zero-order chi connectivity index (χ0) is 20.8. The van der Waals surface area contributed by atoms with Crippen molar-refractivity contribution in [3.63, 3.8) is 0 Å². The number of carbonyl (C=O) groups is 3. The van der Waals surface area contributed by atoms with Crippen LogP contribution in [0.5, 0.6) is 11.5 Å². The lowest BCUT2D eigenvalue weighted by Crippen LogP contribution is -2.16. The second-order valence-electron chi connectivity index (χ2n) is 5.91. The van der Waals surface area contributed by atoms with Gasteiger partial charge in [-0.05, 0) is 44.5 Å². The Morgan fingerprint density at radius 2 is 1.71 bits per heavy atom. The number of methoxy groups -OCH3 is 2. The fourth-order valence-corrected chi connectivity index (χ4v) is 2.78. The predicted octanol–water partition coefficient (Wildman–Crippen LogP) is 2.87. The van der Waals surface area contributed by atoms with Gasteiger partial charge in [0.15, 0.2) is 6.61 Å². The summed E-state index contributed by atoms with van der Waals surface area (Å²) in [6.07, 6.45) is 0. The quantitative estimate of drug-likeness (QED) is 0.547. The van der Waals surface area contributed by atoms with Gasteiger partial charge in [-0.1, -0.05) is 0 Å². The molecule has 1 heterocycles. The van der Waals surface area contributed by atoms with Gasteiger partial charge in [0, 0.05) is 5.69 Å². The van der Waals surface area contributed by atoms with Crippen LogP contribution >= 0.6 is 0 Å². The Labute approximate surface area is 162 Å². The lowest BCUT2D eigenvalue weighted by atomic mass is 10.1. The summed E-state index contributed by atoms with van der Waals surface area (Å²) in [5, 5.41) is 0. The third-order valence-electron chi connectivity index (χ3n) is 4.16. The summed E-state index contributed by atoms with van der Waals surface area (Å²) >= 11 is 0. The lowest BCUT2D eigenvalue weighted by Gasteiger charge is -2.10. The zero-order valence-electron chi connectivity index (χ0n) is 16.5. The van der Waals surface area contributed by atoms with E-state index >= 15 is 0 Å². The summed E-state index contributed by atoms with van der Waals surface area (Å²) in [6.45, 7) is 4.69. The number of benzene rings is 1. The van der Waals surface area contributed by atoms with Crippen LogP contribution in [0.25, 0.3) is 0 Å². The molecule has 2 aromatic rings. The number of aryl methyl sites for hydroxylation is 1. The third-order valence-corrected chi connectivity index (χ3v) is 4.16. The van der Waals surface area contributed by atoms with Crippen molar-refractivity contribution in [1.29, 1.82) is 0 Å². The molecule has 0 aliphatic rings. The minimum atomic E-state index is -0.744. The van der Waals surface area contributed by atoms with Crippen LogP contribution in [0.3, 0.4) is 0 Å². The smallest absolute Gasteiger partial charge is 0.355 e. The molecule has 0 radical (unpaired) electrons. The van der Waals surface area contributed by atoms with Gasteiger partial charge in [-0.25, -0.2) is 9.59 Å². The van der Waals surface area contributed by atoms with Gasteiger partial charge < -0.3 is 23.9 Å². The SMILES string of the molecule is CCOC(=O)c1c(C)[nH]c(C(=O)OCC(=O)c2cc(OC)ccc2OC)c1C. The molecule has 0 spiro atoms. The molecule has 8 heteroatoms. The number of aromatic nitrogens is 1. The highest BCUT2D eigenvalue weighted by molar-refractivity contribution is 6.02. The van der Waals surface area contributed by atoms with Crippen molar-refractivity contribution in [1.82, 2.24) is 4.98 Å². The number of rotatable bonds is 8. The average Bonchev–Trinajstić information content (AvgIpc) is 2.99. The zero-order valence-corrected chi connectivity index (χ0v) is 16.5. The highest BCUT2D eigenvalue weighted by Crippen LogP contribution is 2.25. The fraction of sp³-hybridized carbons (Fsp3) is 0.350. The van der Waals surface area contributed by atoms with E-state index in [2.05, 4.69) is 4.98 Å². The van der Waals surface area contributed by atoms with Crippen molar-refractivity contribution in [3.05, 3.63) is 46.3 Å². The first-order chi connectivity index (χ1) is 13.3. The molecule has 0 saturated carbocycles. The summed E-state index contributed by atoms with van der Waals surface area (Å²) in [5.41, 5.74) is 1.53. The molecule has 2 rings (SSSR count). The van der Waals surface area contributed by atoms with Crippen molar-refractivity contribution in [2.24, 2.45) is 0 Å². The minimum absolute atomic E-state index is 0.103. The van der Waals surface area contributed by atoms with Crippen LogP contribution in [0.4, 0.5) is 0 Å². The molecule has 150 valence electrons. The molecule has 0 saturated heterocycles. The van der Waals surface area contributed by atoms with Crippen LogP contribution in [0.1, 0.15) is 49.4 Å². The maximum atomic E-state index is 12.5. The first-order valence-electron chi connectivity index (χ1n) is 8.62. The molecule has 1 aromatic carbocycles. The maximum Gasteiger partial charge on any atom is 0.355 e. The average molecular weight is 389 g/mol. The maximum absolute atomic E-state index is 12.5. The van der Waals surface area contributed by atoms with Crippen LogP contribution in [0, 0.1) is 13.8 Å². The topological polar surface area (TPSA) is 104 Å². The third kappa shape index (κ3) is 4.33. The summed E-state index contributed by atoms with van der Waals surface area (Å²) in [7, 11) is 2.92. The Balaban J connectivity index is 2.16. The first-order valence-corrected chi connectivity index (χ1v) is 8.62. The van der Waals surface area contributed by atoms with E-state index in [0.717, 1.165) is 0 Å². The molecule has 1 N–H and O–H groups in total. The normalized spacial score (nSPS) is 10.3. The molecule has 0 aliphatic heterocycles. The largest absolute Gasteiger partial charge is 0.497 e. The molecule has 28 heavy (non-hydrogen) atoms. The number of hydrogen-bond acceptors (Lipinski definition) is 7. The number of esters is 2. The van der Waals surface area contributed by atoms with E-state index in [0.29, 0.717) is 22.8 Å². The number of carbonyl (C=O) groups excluding carboxylic acids is 3. The number of ether oxygens (including phenoxy) is 4. The number of H-pyrrole nitrogens is 1. The number of Topliss-reactive ketones (excluding diaryl/α,β-unsaturated/α-hetero) is 1. The molecule has 1 aromatic heterocycles. The van der Waals surface area contributed by atoms with Crippen LogP contribution in [0.15, 0.2) is 18.2 Å². The van der Waals surface area contributed by atoms with E-state index in [1.165, 1.54) is 20.3 Å². The molecule has 0 bridgehead atoms. The Morgan fingerprint density at radius 3 is 2.32 bits per heavy atom. The molecular formula is C20H23NO7. The number of aromatic amines is 1. The standard InChI is InChI=1S/C20H23NO7/c1-6-27-19(23)17-11(2)18(21-12(17)3)20(24)28-10-15(22)14-9-13(25-4)7-8-16(14)26-5/h7-9,21H,6,10H2,1-5H3. The second-order valence-corrected chi connectivity index (χ2v) is 5.91. The van der Waals surface area contributed by atoms with Crippen molar-refractivity contribution in [2.75, 3.05) is 27.4 Å². The van der Waals surface area contributed by atoms with E-state index in [1.807, 2.05) is 0 Å². The molecule has 8 nitrogen and oxygen atoms in total. The van der Waals surface area contributed by atoms with E-state index in [9.17, 15) is 14.4 Å². The predicted molar refractivity (Wildman–Crippen MR) is 100 cm³/mol. The van der Waals surface area contributed by atoms with Crippen LogP contribution in [-0.2, 0) is 9.47 Å².